The Balaban J connectivity index is 3.34. The van der Waals surface area contributed by atoms with Gasteiger partial charge in [0.05, 0.1) is 0 Å². The Morgan fingerprint density at radius 2 is 1.80 bits per heavy atom. The lowest BCUT2D eigenvalue weighted by Crippen LogP contribution is -1.55. The molecule has 0 atom stereocenters. The van der Waals surface area contributed by atoms with Gasteiger partial charge >= 0.3 is 0 Å². The maximum absolute atomic E-state index is 3.57. The lowest BCUT2D eigenvalue weighted by Gasteiger charge is -1.76. The summed E-state index contributed by atoms with van der Waals surface area (Å²) in [5.74, 6) is 0. The van der Waals surface area contributed by atoms with Crippen molar-refractivity contribution in [3.05, 3.63) is 49.1 Å². The van der Waals surface area contributed by atoms with Crippen molar-refractivity contribution in [3.63, 3.8) is 0 Å². The number of rotatable bonds is 4. The molecule has 0 rings (SSSR count). The first kappa shape index (κ1) is 8.96. The zero-order valence-corrected chi connectivity index (χ0v) is 6.46. The smallest absolute Gasteiger partial charge is 0.0163 e. The minimum absolute atomic E-state index is 0.982. The molecule has 54 valence electrons. The molecule has 0 aromatic carbocycles. The predicted molar refractivity (Wildman–Crippen MR) is 47.9 cm³/mol. The predicted octanol–water partition coefficient (Wildman–Crippen LogP) is 3.25. The van der Waals surface area contributed by atoms with Gasteiger partial charge in [-0.15, -0.1) is 0 Å². The van der Waals surface area contributed by atoms with E-state index in [1.165, 1.54) is 0 Å². The molecule has 0 radical (unpaired) electrons. The quantitative estimate of drug-likeness (QED) is 0.518. The van der Waals surface area contributed by atoms with Crippen LogP contribution in [0.5, 0.6) is 0 Å². The van der Waals surface area contributed by atoms with Gasteiger partial charge in [0.1, 0.15) is 0 Å². The summed E-state index contributed by atoms with van der Waals surface area (Å²) in [7, 11) is 0. The lowest BCUT2D eigenvalue weighted by molar-refractivity contribution is 1.39. The monoisotopic (exact) mass is 134 g/mol. The molecule has 0 heterocycles. The van der Waals surface area contributed by atoms with Gasteiger partial charge in [-0.2, -0.15) is 0 Å². The Morgan fingerprint density at radius 3 is 2.40 bits per heavy atom. The van der Waals surface area contributed by atoms with Crippen molar-refractivity contribution in [1.29, 1.82) is 0 Å². The first-order chi connectivity index (χ1) is 4.91. The average Bonchev–Trinajstić information content (AvgIpc) is 1.97. The van der Waals surface area contributed by atoms with Crippen LogP contribution in [0.1, 0.15) is 13.3 Å². The molecule has 0 saturated carbocycles. The number of hydrogen-bond donors (Lipinski definition) is 0. The summed E-state index contributed by atoms with van der Waals surface area (Å²) in [6.45, 7) is 5.57. The topological polar surface area (TPSA) is 0 Å². The van der Waals surface area contributed by atoms with Crippen LogP contribution >= 0.6 is 0 Å². The molecule has 0 nitrogen and oxygen atoms in total. The minimum atomic E-state index is 0.982. The van der Waals surface area contributed by atoms with Crippen molar-refractivity contribution in [2.75, 3.05) is 0 Å². The number of allylic oxidation sites excluding steroid dienone is 7. The maximum atomic E-state index is 3.57. The fraction of sp³-hybridized carbons (Fsp3) is 0.200. The molecule has 0 aliphatic carbocycles. The summed E-state index contributed by atoms with van der Waals surface area (Å²) in [5.41, 5.74) is 0. The van der Waals surface area contributed by atoms with E-state index < -0.39 is 0 Å². The molecule has 0 aliphatic rings. The summed E-state index contributed by atoms with van der Waals surface area (Å²) in [5, 5.41) is 0. The zero-order chi connectivity index (χ0) is 7.66. The van der Waals surface area contributed by atoms with Crippen molar-refractivity contribution < 1.29 is 0 Å². The van der Waals surface area contributed by atoms with Crippen molar-refractivity contribution in [2.24, 2.45) is 0 Å². The molecule has 0 aromatic heterocycles. The highest BCUT2D eigenvalue weighted by molar-refractivity contribution is 5.06. The van der Waals surface area contributed by atoms with Gasteiger partial charge in [0, 0.05) is 0 Å². The molecule has 0 aromatic rings. The van der Waals surface area contributed by atoms with E-state index in [1.807, 2.05) is 31.2 Å². The van der Waals surface area contributed by atoms with Crippen LogP contribution in [0.15, 0.2) is 49.1 Å². The average molecular weight is 134 g/mol. The van der Waals surface area contributed by atoms with Gasteiger partial charge in [-0.1, -0.05) is 49.1 Å². The van der Waals surface area contributed by atoms with Crippen molar-refractivity contribution in [2.45, 2.75) is 13.3 Å². The molecule has 0 aliphatic heterocycles. The van der Waals surface area contributed by atoms with Crippen LogP contribution in [0.25, 0.3) is 0 Å². The van der Waals surface area contributed by atoms with Crippen molar-refractivity contribution in [1.82, 2.24) is 0 Å². The fourth-order valence-electron chi connectivity index (χ4n) is 0.522. The summed E-state index contributed by atoms with van der Waals surface area (Å²) in [6, 6.07) is 0. The van der Waals surface area contributed by atoms with Gasteiger partial charge in [0.2, 0.25) is 0 Å². The Kier molecular flexibility index (Phi) is 7.13. The minimum Gasteiger partial charge on any atom is -0.0991 e. The third kappa shape index (κ3) is 6.96. The first-order valence-corrected chi connectivity index (χ1v) is 3.47. The van der Waals surface area contributed by atoms with E-state index in [9.17, 15) is 0 Å². The highest BCUT2D eigenvalue weighted by Gasteiger charge is 1.65. The van der Waals surface area contributed by atoms with E-state index in [1.54, 1.807) is 6.08 Å². The largest absolute Gasteiger partial charge is 0.0991 e. The lowest BCUT2D eigenvalue weighted by atomic mass is 10.3. The van der Waals surface area contributed by atoms with Crippen LogP contribution < -0.4 is 0 Å². The summed E-state index contributed by atoms with van der Waals surface area (Å²) in [4.78, 5) is 0. The maximum Gasteiger partial charge on any atom is -0.0163 e. The van der Waals surface area contributed by atoms with Gasteiger partial charge in [0.15, 0.2) is 0 Å². The van der Waals surface area contributed by atoms with Crippen LogP contribution in [0.3, 0.4) is 0 Å². The Hall–Kier alpha value is -1.04. The summed E-state index contributed by atoms with van der Waals surface area (Å²) >= 11 is 0. The first-order valence-electron chi connectivity index (χ1n) is 3.47. The molecule has 0 amide bonds. The van der Waals surface area contributed by atoms with Crippen molar-refractivity contribution in [3.8, 4) is 0 Å². The van der Waals surface area contributed by atoms with Gasteiger partial charge in [-0.3, -0.25) is 0 Å². The molecular formula is C10H14. The van der Waals surface area contributed by atoms with Gasteiger partial charge in [0.25, 0.3) is 0 Å². The highest BCUT2D eigenvalue weighted by Crippen LogP contribution is 1.86. The highest BCUT2D eigenvalue weighted by atomic mass is 13.7. The van der Waals surface area contributed by atoms with Gasteiger partial charge < -0.3 is 0 Å². The second kappa shape index (κ2) is 7.96. The van der Waals surface area contributed by atoms with Crippen molar-refractivity contribution >= 4 is 0 Å². The molecular weight excluding hydrogens is 120 g/mol. The van der Waals surface area contributed by atoms with Crippen LogP contribution in [0.2, 0.25) is 0 Å². The van der Waals surface area contributed by atoms with E-state index in [0.29, 0.717) is 0 Å². The van der Waals surface area contributed by atoms with Gasteiger partial charge in [-0.25, -0.2) is 0 Å². The standard InChI is InChI=1S/C10H14/c1-3-5-7-9-10-8-6-4-2/h3-8,10H,1,9H2,2H3. The summed E-state index contributed by atoms with van der Waals surface area (Å²) in [6.07, 6.45) is 14.9. The number of hydrogen-bond acceptors (Lipinski definition) is 0. The van der Waals surface area contributed by atoms with Crippen LogP contribution in [0.4, 0.5) is 0 Å². The normalized spacial score (nSPS) is 12.1. The molecule has 10 heavy (non-hydrogen) atoms. The molecule has 0 bridgehead atoms. The molecule has 0 heteroatoms. The van der Waals surface area contributed by atoms with E-state index in [2.05, 4.69) is 18.7 Å². The second-order valence-electron chi connectivity index (χ2n) is 1.85. The fourth-order valence-corrected chi connectivity index (χ4v) is 0.522. The third-order valence-electron chi connectivity index (χ3n) is 0.984. The van der Waals surface area contributed by atoms with Crippen LogP contribution in [-0.4, -0.2) is 0 Å². The Morgan fingerprint density at radius 1 is 1.10 bits per heavy atom. The second-order valence-corrected chi connectivity index (χ2v) is 1.85. The zero-order valence-electron chi connectivity index (χ0n) is 6.46. The van der Waals surface area contributed by atoms with E-state index >= 15 is 0 Å². The van der Waals surface area contributed by atoms with E-state index in [0.717, 1.165) is 6.42 Å². The third-order valence-corrected chi connectivity index (χ3v) is 0.984. The molecule has 0 fully saturated rings. The summed E-state index contributed by atoms with van der Waals surface area (Å²) < 4.78 is 0. The Bertz CT molecular complexity index is 147. The van der Waals surface area contributed by atoms with E-state index in [-0.39, 0.29) is 0 Å². The molecule has 0 saturated heterocycles. The van der Waals surface area contributed by atoms with Crippen LogP contribution in [-0.2, 0) is 0 Å². The van der Waals surface area contributed by atoms with Gasteiger partial charge in [-0.05, 0) is 13.3 Å². The van der Waals surface area contributed by atoms with E-state index in [4.69, 9.17) is 0 Å². The molecule has 0 N–H and O–H groups in total. The Labute approximate surface area is 63.3 Å². The molecule has 0 unspecified atom stereocenters. The molecule has 0 spiro atoms. The SMILES string of the molecule is C=CC=CCC=CC=CC. The van der Waals surface area contributed by atoms with Crippen LogP contribution in [0, 0.1) is 0 Å².